The van der Waals surface area contributed by atoms with Crippen LogP contribution in [-0.4, -0.2) is 52.1 Å². The van der Waals surface area contributed by atoms with Gasteiger partial charge in [-0.2, -0.15) is 5.10 Å². The van der Waals surface area contributed by atoms with Crippen LogP contribution in [0.25, 0.3) is 5.69 Å². The van der Waals surface area contributed by atoms with Gasteiger partial charge < -0.3 is 14.0 Å². The molecule has 2 aromatic carbocycles. The van der Waals surface area contributed by atoms with E-state index in [2.05, 4.69) is 10.5 Å². The van der Waals surface area contributed by atoms with Gasteiger partial charge in [-0.25, -0.2) is 13.8 Å². The molecule has 1 aromatic heterocycles. The second kappa shape index (κ2) is 10.8. The van der Waals surface area contributed by atoms with Crippen molar-refractivity contribution in [1.82, 2.24) is 9.99 Å². The van der Waals surface area contributed by atoms with Crippen molar-refractivity contribution in [3.8, 4) is 17.2 Å². The molecule has 0 aliphatic carbocycles. The van der Waals surface area contributed by atoms with Crippen LogP contribution in [0.4, 0.5) is 5.69 Å². The average molecular weight is 519 g/mol. The lowest BCUT2D eigenvalue weighted by atomic mass is 10.2. The smallest absolute Gasteiger partial charge is 0.260 e. The highest BCUT2D eigenvalue weighted by Gasteiger charge is 2.24. The van der Waals surface area contributed by atoms with Gasteiger partial charge in [0.25, 0.3) is 5.91 Å². The number of nitrogens with one attached hydrogen (secondary N) is 1. The molecule has 0 bridgehead atoms. The summed E-state index contributed by atoms with van der Waals surface area (Å²) in [6, 6.07) is 14.1. The second-order valence-electron chi connectivity index (χ2n) is 7.71. The van der Waals surface area contributed by atoms with E-state index in [1.165, 1.54) is 26.5 Å². The van der Waals surface area contributed by atoms with Gasteiger partial charge in [-0.3, -0.25) is 9.10 Å². The summed E-state index contributed by atoms with van der Waals surface area (Å²) < 4.78 is 38.3. The van der Waals surface area contributed by atoms with Gasteiger partial charge in [-0.15, -0.1) is 0 Å². The SMILES string of the molecule is COc1ccc(OC)c(N(CC(=O)N/N=C\c2cc(C)n(-c3ccccc3Cl)c2C)S(C)(=O)=O)c1. The summed E-state index contributed by atoms with van der Waals surface area (Å²) in [4.78, 5) is 12.6. The quantitative estimate of drug-likeness (QED) is 0.344. The van der Waals surface area contributed by atoms with Crippen molar-refractivity contribution in [2.75, 3.05) is 31.3 Å². The van der Waals surface area contributed by atoms with Crippen LogP contribution in [-0.2, 0) is 14.8 Å². The molecule has 11 heteroatoms. The zero-order chi connectivity index (χ0) is 25.8. The fourth-order valence-electron chi connectivity index (χ4n) is 3.63. The predicted octanol–water partition coefficient (Wildman–Crippen LogP) is 3.68. The van der Waals surface area contributed by atoms with Gasteiger partial charge in [0.1, 0.15) is 18.0 Å². The van der Waals surface area contributed by atoms with E-state index < -0.39 is 22.5 Å². The lowest BCUT2D eigenvalue weighted by molar-refractivity contribution is -0.119. The predicted molar refractivity (Wildman–Crippen MR) is 138 cm³/mol. The Hall–Kier alpha value is -3.50. The topological polar surface area (TPSA) is 102 Å². The molecule has 0 saturated carbocycles. The van der Waals surface area contributed by atoms with Crippen LogP contribution >= 0.6 is 11.6 Å². The number of benzene rings is 2. The highest BCUT2D eigenvalue weighted by molar-refractivity contribution is 7.92. The maximum absolute atomic E-state index is 12.6. The van der Waals surface area contributed by atoms with Crippen molar-refractivity contribution in [3.05, 3.63) is 70.5 Å². The third-order valence-electron chi connectivity index (χ3n) is 5.30. The van der Waals surface area contributed by atoms with Crippen molar-refractivity contribution in [2.45, 2.75) is 13.8 Å². The Labute approximate surface area is 210 Å². The number of sulfonamides is 1. The van der Waals surface area contributed by atoms with Crippen LogP contribution in [0, 0.1) is 13.8 Å². The van der Waals surface area contributed by atoms with Crippen LogP contribution in [0.3, 0.4) is 0 Å². The number of rotatable bonds is 9. The van der Waals surface area contributed by atoms with Crippen LogP contribution in [0.15, 0.2) is 53.6 Å². The number of hydrogen-bond donors (Lipinski definition) is 1. The fourth-order valence-corrected chi connectivity index (χ4v) is 4.71. The second-order valence-corrected chi connectivity index (χ2v) is 10.0. The standard InChI is InChI=1S/C24H27ClN4O5S/c1-16-12-18(17(2)29(16)21-9-7-6-8-20(21)25)14-26-27-24(30)15-28(35(5,31)32)22-13-19(33-3)10-11-23(22)34-4/h6-14H,15H2,1-5H3,(H,27,30)/b26-14-. The summed E-state index contributed by atoms with van der Waals surface area (Å²) in [5.74, 6) is 0.0674. The van der Waals surface area contributed by atoms with E-state index in [9.17, 15) is 13.2 Å². The van der Waals surface area contributed by atoms with Gasteiger partial charge in [0, 0.05) is 23.0 Å². The molecule has 3 rings (SSSR count). The number of carbonyl (C=O) groups is 1. The fraction of sp³-hybridized carbons (Fsp3) is 0.250. The molecule has 0 aliphatic rings. The van der Waals surface area contributed by atoms with E-state index in [-0.39, 0.29) is 11.4 Å². The number of carbonyl (C=O) groups excluding carboxylic acids is 1. The zero-order valence-electron chi connectivity index (χ0n) is 20.1. The third-order valence-corrected chi connectivity index (χ3v) is 6.74. The van der Waals surface area contributed by atoms with E-state index in [0.717, 1.165) is 33.2 Å². The van der Waals surface area contributed by atoms with Crippen molar-refractivity contribution >= 4 is 39.4 Å². The van der Waals surface area contributed by atoms with Crippen LogP contribution in [0.1, 0.15) is 17.0 Å². The minimum Gasteiger partial charge on any atom is -0.497 e. The molecule has 0 atom stereocenters. The summed E-state index contributed by atoms with van der Waals surface area (Å²) in [7, 11) is -0.952. The molecule has 1 amide bonds. The number of aryl methyl sites for hydroxylation is 1. The number of nitrogens with zero attached hydrogens (tertiary/aromatic N) is 3. The molecule has 3 aromatic rings. The number of halogens is 1. The molecule has 0 saturated heterocycles. The molecule has 9 nitrogen and oxygen atoms in total. The number of hydrogen-bond acceptors (Lipinski definition) is 6. The van der Waals surface area contributed by atoms with Gasteiger partial charge in [0.15, 0.2) is 0 Å². The normalized spacial score (nSPS) is 11.5. The maximum Gasteiger partial charge on any atom is 0.260 e. The van der Waals surface area contributed by atoms with E-state index in [1.54, 1.807) is 12.1 Å². The lowest BCUT2D eigenvalue weighted by Gasteiger charge is -2.23. The summed E-state index contributed by atoms with van der Waals surface area (Å²) in [6.07, 6.45) is 2.51. The first kappa shape index (κ1) is 26.1. The summed E-state index contributed by atoms with van der Waals surface area (Å²) in [5.41, 5.74) is 6.01. The molecule has 0 radical (unpaired) electrons. The number of para-hydroxylation sites is 1. The Bertz CT molecular complexity index is 1370. The minimum absolute atomic E-state index is 0.178. The first-order chi connectivity index (χ1) is 16.6. The van der Waals surface area contributed by atoms with E-state index in [1.807, 2.05) is 48.7 Å². The van der Waals surface area contributed by atoms with Crippen LogP contribution in [0.2, 0.25) is 5.02 Å². The number of anilines is 1. The van der Waals surface area contributed by atoms with Gasteiger partial charge in [-0.05, 0) is 44.2 Å². The molecule has 186 valence electrons. The van der Waals surface area contributed by atoms with Crippen LogP contribution < -0.4 is 19.2 Å². The molecule has 35 heavy (non-hydrogen) atoms. The Kier molecular flexibility index (Phi) is 8.08. The molecule has 0 fully saturated rings. The number of aromatic nitrogens is 1. The first-order valence-corrected chi connectivity index (χ1v) is 12.7. The van der Waals surface area contributed by atoms with Crippen molar-refractivity contribution < 1.29 is 22.7 Å². The van der Waals surface area contributed by atoms with E-state index >= 15 is 0 Å². The Balaban J connectivity index is 1.80. The lowest BCUT2D eigenvalue weighted by Crippen LogP contribution is -2.39. The van der Waals surface area contributed by atoms with E-state index in [0.29, 0.717) is 10.8 Å². The molecular weight excluding hydrogens is 492 g/mol. The number of hydrazone groups is 1. The largest absolute Gasteiger partial charge is 0.497 e. The number of amides is 1. The summed E-state index contributed by atoms with van der Waals surface area (Å²) >= 11 is 6.35. The summed E-state index contributed by atoms with van der Waals surface area (Å²) in [5, 5.41) is 4.64. The highest BCUT2D eigenvalue weighted by atomic mass is 35.5. The molecule has 1 N–H and O–H groups in total. The molecular formula is C24H27ClN4O5S. The molecule has 0 spiro atoms. The molecule has 1 heterocycles. The average Bonchev–Trinajstić information content (AvgIpc) is 3.09. The maximum atomic E-state index is 12.6. The van der Waals surface area contributed by atoms with Gasteiger partial charge >= 0.3 is 0 Å². The summed E-state index contributed by atoms with van der Waals surface area (Å²) in [6.45, 7) is 3.36. The van der Waals surface area contributed by atoms with Gasteiger partial charge in [0.2, 0.25) is 10.0 Å². The monoisotopic (exact) mass is 518 g/mol. The number of methoxy groups -OCH3 is 2. The van der Waals surface area contributed by atoms with Gasteiger partial charge in [-0.1, -0.05) is 23.7 Å². The molecule has 0 unspecified atom stereocenters. The molecule has 0 aliphatic heterocycles. The minimum atomic E-state index is -3.82. The first-order valence-electron chi connectivity index (χ1n) is 10.5. The van der Waals surface area contributed by atoms with Crippen molar-refractivity contribution in [1.29, 1.82) is 0 Å². The Morgan fingerprint density at radius 2 is 1.86 bits per heavy atom. The Morgan fingerprint density at radius 1 is 1.14 bits per heavy atom. The third kappa shape index (κ3) is 5.95. The highest BCUT2D eigenvalue weighted by Crippen LogP contribution is 2.33. The van der Waals surface area contributed by atoms with Crippen molar-refractivity contribution in [2.24, 2.45) is 5.10 Å². The zero-order valence-corrected chi connectivity index (χ0v) is 21.6. The number of ether oxygens (including phenoxy) is 2. The van der Waals surface area contributed by atoms with Crippen LogP contribution in [0.5, 0.6) is 11.5 Å². The Morgan fingerprint density at radius 3 is 2.49 bits per heavy atom. The van der Waals surface area contributed by atoms with E-state index in [4.69, 9.17) is 21.1 Å². The van der Waals surface area contributed by atoms with Gasteiger partial charge in [0.05, 0.1) is 43.1 Å². The van der Waals surface area contributed by atoms with Crippen molar-refractivity contribution in [3.63, 3.8) is 0 Å².